The largest absolute Gasteiger partial charge is 0.381 e. The van der Waals surface area contributed by atoms with Crippen molar-refractivity contribution in [3.8, 4) is 0 Å². The first kappa shape index (κ1) is 14.8. The number of ether oxygens (including phenoxy) is 3. The van der Waals surface area contributed by atoms with Crippen LogP contribution in [0.3, 0.4) is 0 Å². The summed E-state index contributed by atoms with van der Waals surface area (Å²) in [4.78, 5) is 0. The maximum Gasteiger partial charge on any atom is 0.0701 e. The number of alkyl halides is 2. The van der Waals surface area contributed by atoms with Crippen molar-refractivity contribution in [3.05, 3.63) is 0 Å². The molecular weight excluding hydrogens is 316 g/mol. The first-order chi connectivity index (χ1) is 6.91. The highest BCUT2D eigenvalue weighted by Gasteiger charge is 1.95. The first-order valence-electron chi connectivity index (χ1n) is 4.77. The van der Waals surface area contributed by atoms with Crippen molar-refractivity contribution >= 4 is 31.9 Å². The fourth-order valence-electron chi connectivity index (χ4n) is 0.950. The molecule has 0 bridgehead atoms. The summed E-state index contributed by atoms with van der Waals surface area (Å²) in [6.45, 7) is 5.11. The number of hydrogen-bond donors (Lipinski definition) is 0. The van der Waals surface area contributed by atoms with Gasteiger partial charge in [0.2, 0.25) is 0 Å². The van der Waals surface area contributed by atoms with Gasteiger partial charge in [0.15, 0.2) is 0 Å². The molecule has 0 N–H and O–H groups in total. The minimum atomic E-state index is 0.778. The Morgan fingerprint density at radius 2 is 0.929 bits per heavy atom. The van der Waals surface area contributed by atoms with Crippen LogP contribution < -0.4 is 0 Å². The van der Waals surface area contributed by atoms with E-state index < -0.39 is 0 Å². The van der Waals surface area contributed by atoms with Crippen LogP contribution in [0, 0.1) is 0 Å². The molecule has 2 rings (SSSR count). The molecule has 0 aromatic heterocycles. The third kappa shape index (κ3) is 12.8. The lowest BCUT2D eigenvalue weighted by atomic mass is 10.4. The SMILES string of the molecule is BrCBr.C1CCOC1.C1COCCO1. The Kier molecular flexibility index (Phi) is 14.7. The second-order valence-corrected chi connectivity index (χ2v) is 5.27. The molecule has 0 saturated carbocycles. The molecule has 0 aromatic rings. The Bertz CT molecular complexity index is 76.9. The van der Waals surface area contributed by atoms with Gasteiger partial charge in [-0.2, -0.15) is 0 Å². The first-order valence-corrected chi connectivity index (χ1v) is 7.01. The Balaban J connectivity index is 0.000000193. The zero-order valence-electron chi connectivity index (χ0n) is 8.34. The van der Waals surface area contributed by atoms with E-state index in [4.69, 9.17) is 14.2 Å². The topological polar surface area (TPSA) is 27.7 Å². The molecule has 86 valence electrons. The predicted octanol–water partition coefficient (Wildman–Crippen LogP) is 2.56. The molecule has 2 heterocycles. The lowest BCUT2D eigenvalue weighted by molar-refractivity contribution is -0.0334. The molecule has 2 aliphatic heterocycles. The minimum Gasteiger partial charge on any atom is -0.381 e. The van der Waals surface area contributed by atoms with Crippen LogP contribution in [0.4, 0.5) is 0 Å². The Morgan fingerprint density at radius 1 is 0.643 bits per heavy atom. The van der Waals surface area contributed by atoms with Gasteiger partial charge in [-0.15, -0.1) is 0 Å². The summed E-state index contributed by atoms with van der Waals surface area (Å²) < 4.78 is 15.7. The average molecular weight is 334 g/mol. The van der Waals surface area contributed by atoms with Crippen molar-refractivity contribution in [3.63, 3.8) is 0 Å². The highest BCUT2D eigenvalue weighted by Crippen LogP contribution is 1.98. The van der Waals surface area contributed by atoms with Crippen molar-refractivity contribution in [2.45, 2.75) is 12.8 Å². The molecule has 14 heavy (non-hydrogen) atoms. The van der Waals surface area contributed by atoms with Crippen LogP contribution in [-0.2, 0) is 14.2 Å². The van der Waals surface area contributed by atoms with Crippen LogP contribution >= 0.6 is 31.9 Å². The Morgan fingerprint density at radius 3 is 1.07 bits per heavy atom. The normalized spacial score (nSPS) is 20.1. The molecule has 0 radical (unpaired) electrons. The van der Waals surface area contributed by atoms with E-state index in [1.54, 1.807) is 0 Å². The van der Waals surface area contributed by atoms with Gasteiger partial charge in [-0.25, -0.2) is 0 Å². The van der Waals surface area contributed by atoms with Crippen molar-refractivity contribution in [2.75, 3.05) is 43.9 Å². The Labute approximate surface area is 103 Å². The van der Waals surface area contributed by atoms with E-state index >= 15 is 0 Å². The minimum absolute atomic E-state index is 0.778. The molecule has 0 aromatic carbocycles. The molecule has 0 amide bonds. The van der Waals surface area contributed by atoms with E-state index in [-0.39, 0.29) is 0 Å². The summed E-state index contributed by atoms with van der Waals surface area (Å²) in [6, 6.07) is 0. The fraction of sp³-hybridized carbons (Fsp3) is 1.00. The molecule has 2 saturated heterocycles. The van der Waals surface area contributed by atoms with E-state index in [9.17, 15) is 0 Å². The van der Waals surface area contributed by atoms with Crippen LogP contribution in [0.25, 0.3) is 0 Å². The van der Waals surface area contributed by atoms with Gasteiger partial charge >= 0.3 is 0 Å². The van der Waals surface area contributed by atoms with E-state index in [0.29, 0.717) is 0 Å². The lowest BCUT2D eigenvalue weighted by Crippen LogP contribution is -2.16. The van der Waals surface area contributed by atoms with Crippen LogP contribution in [0.15, 0.2) is 0 Å². The maximum absolute atomic E-state index is 4.94. The predicted molar refractivity (Wildman–Crippen MR) is 64.4 cm³/mol. The van der Waals surface area contributed by atoms with Gasteiger partial charge in [-0.1, -0.05) is 31.9 Å². The fourth-order valence-corrected chi connectivity index (χ4v) is 0.950. The summed E-state index contributed by atoms with van der Waals surface area (Å²) in [5.41, 5.74) is 0. The van der Waals surface area contributed by atoms with Gasteiger partial charge in [0, 0.05) is 13.2 Å². The van der Waals surface area contributed by atoms with E-state index in [0.717, 1.165) is 43.9 Å². The van der Waals surface area contributed by atoms with Gasteiger partial charge in [-0.05, 0) is 12.8 Å². The van der Waals surface area contributed by atoms with Crippen molar-refractivity contribution in [2.24, 2.45) is 0 Å². The van der Waals surface area contributed by atoms with Crippen LogP contribution in [-0.4, -0.2) is 43.9 Å². The zero-order chi connectivity index (χ0) is 10.5. The quantitative estimate of drug-likeness (QED) is 0.638. The number of halogens is 2. The lowest BCUT2D eigenvalue weighted by Gasteiger charge is -2.09. The van der Waals surface area contributed by atoms with E-state index in [2.05, 4.69) is 31.9 Å². The van der Waals surface area contributed by atoms with Crippen LogP contribution in [0.1, 0.15) is 12.8 Å². The highest BCUT2D eigenvalue weighted by atomic mass is 79.9. The maximum atomic E-state index is 4.94. The summed E-state index contributed by atoms with van der Waals surface area (Å²) in [7, 11) is 0. The molecule has 0 unspecified atom stereocenters. The van der Waals surface area contributed by atoms with Gasteiger partial charge < -0.3 is 14.2 Å². The van der Waals surface area contributed by atoms with Crippen LogP contribution in [0.2, 0.25) is 0 Å². The summed E-state index contributed by atoms with van der Waals surface area (Å²) >= 11 is 6.12. The second-order valence-electron chi connectivity index (χ2n) is 2.65. The second kappa shape index (κ2) is 13.8. The molecule has 2 aliphatic rings. The van der Waals surface area contributed by atoms with Gasteiger partial charge in [0.1, 0.15) is 0 Å². The van der Waals surface area contributed by atoms with E-state index in [1.807, 2.05) is 0 Å². The van der Waals surface area contributed by atoms with Crippen molar-refractivity contribution < 1.29 is 14.2 Å². The third-order valence-electron chi connectivity index (χ3n) is 1.57. The van der Waals surface area contributed by atoms with E-state index in [1.165, 1.54) is 12.8 Å². The van der Waals surface area contributed by atoms with Gasteiger partial charge in [-0.3, -0.25) is 0 Å². The smallest absolute Gasteiger partial charge is 0.0701 e. The summed E-state index contributed by atoms with van der Waals surface area (Å²) in [6.07, 6.45) is 2.56. The molecule has 3 nitrogen and oxygen atoms in total. The van der Waals surface area contributed by atoms with Crippen molar-refractivity contribution in [1.82, 2.24) is 0 Å². The molecule has 5 heteroatoms. The zero-order valence-corrected chi connectivity index (χ0v) is 11.5. The molecular formula is C9H18Br2O3. The molecule has 0 aliphatic carbocycles. The molecule has 0 atom stereocenters. The number of rotatable bonds is 0. The monoisotopic (exact) mass is 332 g/mol. The van der Waals surface area contributed by atoms with Gasteiger partial charge in [0.25, 0.3) is 0 Å². The standard InChI is InChI=1S/C4H8O2.C4H8O.CH2Br2/c1-2-6-4-3-5-1;1-2-4-5-3-1;2-1-3/h1-4H2;1-4H2;1H2. The third-order valence-corrected chi connectivity index (χ3v) is 1.57. The molecule has 0 spiro atoms. The number of hydrogen-bond acceptors (Lipinski definition) is 3. The Hall–Kier alpha value is 0.840. The molecule has 2 fully saturated rings. The summed E-state index contributed by atoms with van der Waals surface area (Å²) in [5, 5.41) is 0. The van der Waals surface area contributed by atoms with Gasteiger partial charge in [0.05, 0.1) is 30.7 Å². The van der Waals surface area contributed by atoms with Crippen molar-refractivity contribution in [1.29, 1.82) is 0 Å². The van der Waals surface area contributed by atoms with Crippen LogP contribution in [0.5, 0.6) is 0 Å². The average Bonchev–Trinajstić information content (AvgIpc) is 2.80. The highest BCUT2D eigenvalue weighted by molar-refractivity contribution is 9.24. The summed E-state index contributed by atoms with van der Waals surface area (Å²) in [5.74, 6) is 0.